The van der Waals surface area contributed by atoms with E-state index in [0.29, 0.717) is 0 Å². The minimum atomic E-state index is -5.14. The van der Waals surface area contributed by atoms with Gasteiger partial charge in [-0.3, -0.25) is 9.36 Å². The summed E-state index contributed by atoms with van der Waals surface area (Å²) in [6.45, 7) is 2.62. The topological polar surface area (TPSA) is 83.1 Å². The molecule has 0 heterocycles. The number of rotatable bonds is 13. The number of amides is 1. The molecule has 0 fully saturated rings. The maximum Gasteiger partial charge on any atom is 0.430 e. The van der Waals surface area contributed by atoms with E-state index < -0.39 is 43.2 Å². The number of hydrogen-bond acceptors (Lipinski definition) is 6. The Labute approximate surface area is 197 Å². The normalized spacial score (nSPS) is 14.9. The number of halogens is 3. The van der Waals surface area contributed by atoms with Gasteiger partial charge in [-0.1, -0.05) is 60.7 Å². The second kappa shape index (κ2) is 12.5. The van der Waals surface area contributed by atoms with Gasteiger partial charge < -0.3 is 23.8 Å². The minimum Gasteiger partial charge on any atom is -0.374 e. The van der Waals surface area contributed by atoms with Gasteiger partial charge in [0.2, 0.25) is 0 Å². The Kier molecular flexibility index (Phi) is 10.3. The molecule has 0 aliphatic rings. The molecule has 7 nitrogen and oxygen atoms in total. The van der Waals surface area contributed by atoms with Crippen LogP contribution in [-0.4, -0.2) is 44.8 Å². The second-order valence-corrected chi connectivity index (χ2v) is 9.33. The zero-order valence-corrected chi connectivity index (χ0v) is 20.1. The van der Waals surface area contributed by atoms with Gasteiger partial charge in [-0.05, 0) is 19.4 Å². The van der Waals surface area contributed by atoms with Gasteiger partial charge >= 0.3 is 13.8 Å². The summed E-state index contributed by atoms with van der Waals surface area (Å²) >= 11 is 0. The Balaban J connectivity index is 2.40. The lowest BCUT2D eigenvalue weighted by Gasteiger charge is -2.35. The van der Waals surface area contributed by atoms with Crippen molar-refractivity contribution in [2.24, 2.45) is 0 Å². The smallest absolute Gasteiger partial charge is 0.374 e. The van der Waals surface area contributed by atoms with E-state index in [9.17, 15) is 22.5 Å². The van der Waals surface area contributed by atoms with Crippen LogP contribution in [0.3, 0.4) is 0 Å². The summed E-state index contributed by atoms with van der Waals surface area (Å²) in [6, 6.07) is 15.4. The molecule has 34 heavy (non-hydrogen) atoms. The van der Waals surface area contributed by atoms with Crippen molar-refractivity contribution in [1.82, 2.24) is 5.32 Å². The Bertz CT molecular complexity index is 935. The molecule has 0 radical (unpaired) electrons. The van der Waals surface area contributed by atoms with Crippen LogP contribution < -0.4 is 5.32 Å². The van der Waals surface area contributed by atoms with E-state index >= 15 is 0 Å². The van der Waals surface area contributed by atoms with Crippen LogP contribution in [0.5, 0.6) is 0 Å². The molecule has 1 N–H and O–H groups in total. The average molecular weight is 503 g/mol. The van der Waals surface area contributed by atoms with Crippen LogP contribution in [0.15, 0.2) is 60.7 Å². The molecule has 0 aliphatic heterocycles. The van der Waals surface area contributed by atoms with Gasteiger partial charge in [-0.2, -0.15) is 13.2 Å². The summed E-state index contributed by atoms with van der Waals surface area (Å²) in [4.78, 5) is 13.2. The number of hydrogen-bond donors (Lipinski definition) is 1. The van der Waals surface area contributed by atoms with E-state index in [2.05, 4.69) is 5.32 Å². The van der Waals surface area contributed by atoms with Crippen LogP contribution in [0.1, 0.15) is 25.0 Å². The fourth-order valence-electron chi connectivity index (χ4n) is 3.33. The zero-order chi connectivity index (χ0) is 25.2. The van der Waals surface area contributed by atoms with Crippen LogP contribution in [-0.2, 0) is 40.1 Å². The molecule has 188 valence electrons. The third-order valence-electron chi connectivity index (χ3n) is 4.89. The summed E-state index contributed by atoms with van der Waals surface area (Å²) < 4.78 is 77.2. The molecule has 0 unspecified atom stereocenters. The molecule has 0 bridgehead atoms. The summed E-state index contributed by atoms with van der Waals surface area (Å²) in [7, 11) is -3.32. The van der Waals surface area contributed by atoms with Crippen LogP contribution >= 0.6 is 7.60 Å². The van der Waals surface area contributed by atoms with Gasteiger partial charge in [0, 0.05) is 12.7 Å². The highest BCUT2D eigenvalue weighted by molar-refractivity contribution is 7.54. The molecule has 2 rings (SSSR count). The number of carbonyl (C=O) groups excluding carboxylic acids is 1. The highest BCUT2D eigenvalue weighted by Crippen LogP contribution is 2.53. The molecule has 0 saturated carbocycles. The first-order valence-corrected chi connectivity index (χ1v) is 12.2. The fraction of sp³-hybridized carbons (Fsp3) is 0.435. The Morgan fingerprint density at radius 1 is 0.971 bits per heavy atom. The number of ether oxygens (including phenoxy) is 2. The lowest BCUT2D eigenvalue weighted by atomic mass is 9.91. The van der Waals surface area contributed by atoms with Crippen molar-refractivity contribution < 1.29 is 41.1 Å². The molecular weight excluding hydrogens is 474 g/mol. The predicted molar refractivity (Wildman–Crippen MR) is 120 cm³/mol. The van der Waals surface area contributed by atoms with Gasteiger partial charge in [-0.25, -0.2) is 0 Å². The molecular formula is C23H29F3NO6P. The Morgan fingerprint density at radius 2 is 1.50 bits per heavy atom. The molecule has 2 aromatic carbocycles. The fourth-order valence-corrected chi connectivity index (χ4v) is 5.04. The Hall–Kier alpha value is -2.23. The van der Waals surface area contributed by atoms with Gasteiger partial charge in [-0.15, -0.1) is 0 Å². The molecule has 2 atom stereocenters. The van der Waals surface area contributed by atoms with Crippen molar-refractivity contribution in [1.29, 1.82) is 0 Å². The van der Waals surface area contributed by atoms with Crippen molar-refractivity contribution in [2.45, 2.75) is 38.0 Å². The molecule has 0 spiro atoms. The summed E-state index contributed by atoms with van der Waals surface area (Å²) in [6.07, 6.45) is -5.14. The maximum atomic E-state index is 14.3. The van der Waals surface area contributed by atoms with Crippen LogP contribution in [0.4, 0.5) is 13.2 Å². The molecule has 11 heteroatoms. The van der Waals surface area contributed by atoms with Gasteiger partial charge in [0.25, 0.3) is 11.5 Å². The van der Waals surface area contributed by atoms with Gasteiger partial charge in [0.1, 0.15) is 0 Å². The van der Waals surface area contributed by atoms with E-state index in [-0.39, 0.29) is 19.8 Å². The van der Waals surface area contributed by atoms with Gasteiger partial charge in [0.15, 0.2) is 5.78 Å². The summed E-state index contributed by atoms with van der Waals surface area (Å²) in [5.41, 5.74) is -3.01. The van der Waals surface area contributed by atoms with Gasteiger partial charge in [0.05, 0.1) is 26.4 Å². The molecule has 2 aromatic rings. The molecule has 0 aromatic heterocycles. The first-order valence-electron chi connectivity index (χ1n) is 10.6. The summed E-state index contributed by atoms with van der Waals surface area (Å²) in [5, 5.41) is 2.19. The van der Waals surface area contributed by atoms with Crippen molar-refractivity contribution in [3.05, 3.63) is 71.8 Å². The van der Waals surface area contributed by atoms with Crippen LogP contribution in [0.25, 0.3) is 0 Å². The van der Waals surface area contributed by atoms with Crippen molar-refractivity contribution >= 4 is 13.5 Å². The zero-order valence-electron chi connectivity index (χ0n) is 19.2. The Morgan fingerprint density at radius 3 is 1.97 bits per heavy atom. The lowest BCUT2D eigenvalue weighted by Crippen LogP contribution is -2.58. The van der Waals surface area contributed by atoms with Crippen LogP contribution in [0.2, 0.25) is 0 Å². The molecule has 0 saturated heterocycles. The average Bonchev–Trinajstić information content (AvgIpc) is 2.80. The number of carbonyl (C=O) groups is 1. The third kappa shape index (κ3) is 6.46. The first kappa shape index (κ1) is 28.0. The number of alkyl halides is 3. The standard InChI is InChI=1S/C23H29F3NO6P/c1-4-32-34(29,33-5-2)20(17-31-16-18-12-8-6-9-13-18)27-21(28)22(30-3,23(24,25)26)19-14-10-7-11-15-19/h6-15,20H,4-5,16-17H2,1-3H3,(H,27,28)/t20-,22-/m0/s1. The highest BCUT2D eigenvalue weighted by atomic mass is 31.2. The first-order chi connectivity index (χ1) is 16.1. The van der Waals surface area contributed by atoms with E-state index in [1.54, 1.807) is 38.1 Å². The van der Waals surface area contributed by atoms with E-state index in [1.807, 2.05) is 6.07 Å². The largest absolute Gasteiger partial charge is 0.430 e. The lowest BCUT2D eigenvalue weighted by molar-refractivity contribution is -0.266. The van der Waals surface area contributed by atoms with E-state index in [1.165, 1.54) is 18.2 Å². The van der Waals surface area contributed by atoms with Crippen LogP contribution in [0, 0.1) is 0 Å². The number of benzene rings is 2. The van der Waals surface area contributed by atoms with E-state index in [0.717, 1.165) is 24.8 Å². The number of nitrogens with one attached hydrogen (secondary N) is 1. The molecule has 1 amide bonds. The second-order valence-electron chi connectivity index (χ2n) is 7.11. The number of methoxy groups -OCH3 is 1. The van der Waals surface area contributed by atoms with Crippen molar-refractivity contribution in [3.63, 3.8) is 0 Å². The summed E-state index contributed by atoms with van der Waals surface area (Å²) in [5.74, 6) is -3.09. The highest BCUT2D eigenvalue weighted by Gasteiger charge is 2.63. The maximum absolute atomic E-state index is 14.3. The predicted octanol–water partition coefficient (Wildman–Crippen LogP) is 5.02. The van der Waals surface area contributed by atoms with E-state index in [4.69, 9.17) is 18.5 Å². The SMILES string of the molecule is CCOP(=O)(OCC)[C@@H](COCc1ccccc1)NC(=O)[C@@](OC)(c1ccccc1)C(F)(F)F. The minimum absolute atomic E-state index is 0.0598. The third-order valence-corrected chi connectivity index (χ3v) is 7.17. The molecule has 0 aliphatic carbocycles. The quantitative estimate of drug-likeness (QED) is 0.387. The van der Waals surface area contributed by atoms with Crippen molar-refractivity contribution in [2.75, 3.05) is 26.9 Å². The van der Waals surface area contributed by atoms with Crippen molar-refractivity contribution in [3.8, 4) is 0 Å². The monoisotopic (exact) mass is 503 g/mol.